The maximum atomic E-state index is 11.9. The first-order valence-corrected chi connectivity index (χ1v) is 2.07. The van der Waals surface area contributed by atoms with Crippen molar-refractivity contribution < 1.29 is 17.3 Å². The molecule has 0 aliphatic heterocycles. The lowest BCUT2D eigenvalue weighted by molar-refractivity contribution is -0.170. The lowest BCUT2D eigenvalue weighted by Crippen LogP contribution is -2.18. The summed E-state index contributed by atoms with van der Waals surface area (Å²) in [7, 11) is 0. The highest BCUT2D eigenvalue weighted by Gasteiger charge is 2.33. The minimum atomic E-state index is -4.83. The van der Waals surface area contributed by atoms with Gasteiger partial charge in [0.2, 0.25) is 0 Å². The molecule has 0 aliphatic rings. The van der Waals surface area contributed by atoms with Crippen molar-refractivity contribution in [1.82, 2.24) is 0 Å². The molecule has 0 saturated heterocycles. The quantitative estimate of drug-likeness (QED) is 0.510. The van der Waals surface area contributed by atoms with E-state index in [1.54, 1.807) is 0 Å². The van der Waals surface area contributed by atoms with E-state index in [4.69, 9.17) is 4.11 Å². The Balaban J connectivity index is 4.75. The summed E-state index contributed by atoms with van der Waals surface area (Å²) >= 11 is 0. The van der Waals surface area contributed by atoms with Gasteiger partial charge in [0, 0.05) is 4.11 Å². The fourth-order valence-corrected chi connectivity index (χ4v) is 0.142. The minimum Gasteiger partial charge on any atom is -0.171 e. The molecule has 0 fully saturated rings. The van der Waals surface area contributed by atoms with E-state index in [2.05, 4.69) is 0 Å². The van der Waals surface area contributed by atoms with Gasteiger partial charge < -0.3 is 0 Å². The van der Waals surface area contributed by atoms with E-state index < -0.39 is 18.4 Å². The molecule has 0 aromatic rings. The largest absolute Gasteiger partial charge is 0.391 e. The maximum Gasteiger partial charge on any atom is 0.391 e. The van der Waals surface area contributed by atoms with Crippen molar-refractivity contribution in [2.75, 3.05) is 0 Å². The normalized spacial score (nSPS) is 27.4. The fraction of sp³-hybridized carbons (Fsp3) is 1.00. The van der Waals surface area contributed by atoms with Crippen LogP contribution in [0.3, 0.4) is 0 Å². The summed E-state index contributed by atoms with van der Waals surface area (Å²) in [5.41, 5.74) is 0. The Kier molecular flexibility index (Phi) is 1.11. The van der Waals surface area contributed by atoms with E-state index in [1.165, 1.54) is 0 Å². The highest BCUT2D eigenvalue weighted by molar-refractivity contribution is 4.58. The third kappa shape index (κ3) is 2.19. The first-order chi connectivity index (χ1) is 4.50. The zero-order valence-electron chi connectivity index (χ0n) is 7.63. The summed E-state index contributed by atoms with van der Waals surface area (Å²) in [5, 5.41) is 0. The second-order valence-electron chi connectivity index (χ2n) is 1.37. The van der Waals surface area contributed by atoms with Gasteiger partial charge in [-0.05, 0) is 6.37 Å². The lowest BCUT2D eigenvalue weighted by atomic mass is 10.1. The van der Waals surface area contributed by atoms with E-state index in [9.17, 15) is 13.2 Å². The van der Waals surface area contributed by atoms with Crippen LogP contribution in [0.1, 0.15) is 24.3 Å². The Morgan fingerprint density at radius 3 is 2.12 bits per heavy atom. The van der Waals surface area contributed by atoms with Crippen LogP contribution in [0, 0.1) is 5.89 Å². The van der Waals surface area contributed by atoms with Crippen molar-refractivity contribution >= 4 is 0 Å². The summed E-state index contributed by atoms with van der Waals surface area (Å²) in [6.45, 7) is 1.26. The van der Waals surface area contributed by atoms with Gasteiger partial charge in [0.05, 0.1) is 5.89 Å². The average molecular weight is 129 g/mol. The highest BCUT2D eigenvalue weighted by atomic mass is 19.4. The average Bonchev–Trinajstić information content (AvgIpc) is 1.58. The van der Waals surface area contributed by atoms with Crippen LogP contribution in [-0.4, -0.2) is 6.18 Å². The van der Waals surface area contributed by atoms with Gasteiger partial charge in [0.1, 0.15) is 0 Å². The molecule has 0 radical (unpaired) electrons. The summed E-state index contributed by atoms with van der Waals surface area (Å²) in [6, 6.07) is 0. The van der Waals surface area contributed by atoms with Crippen molar-refractivity contribution in [2.24, 2.45) is 5.89 Å². The Labute approximate surface area is 50.9 Å². The smallest absolute Gasteiger partial charge is 0.171 e. The maximum absolute atomic E-state index is 11.9. The zero-order valence-corrected chi connectivity index (χ0v) is 4.63. The second kappa shape index (κ2) is 2.37. The molecule has 0 aliphatic carbocycles. The Hall–Kier alpha value is -0.210. The van der Waals surface area contributed by atoms with E-state index in [0.29, 0.717) is 6.92 Å². The highest BCUT2D eigenvalue weighted by Crippen LogP contribution is 2.27. The van der Waals surface area contributed by atoms with Crippen LogP contribution in [0.4, 0.5) is 13.2 Å². The van der Waals surface area contributed by atoms with E-state index in [-0.39, 0.29) is 0 Å². The molecule has 0 amide bonds. The summed E-state index contributed by atoms with van der Waals surface area (Å²) in [6.07, 6.45) is -7.41. The van der Waals surface area contributed by atoms with Gasteiger partial charge in [-0.1, -0.05) is 13.8 Å². The number of alkyl halides is 3. The van der Waals surface area contributed by atoms with Crippen molar-refractivity contribution in [3.63, 3.8) is 0 Å². The molecule has 0 aromatic heterocycles. The van der Waals surface area contributed by atoms with Crippen LogP contribution < -0.4 is 0 Å². The van der Waals surface area contributed by atoms with Crippen LogP contribution in [-0.2, 0) is 0 Å². The fourth-order valence-electron chi connectivity index (χ4n) is 0.142. The molecule has 0 bridgehead atoms. The summed E-state index contributed by atoms with van der Waals surface area (Å²) < 4.78 is 55.9. The third-order valence-corrected chi connectivity index (χ3v) is 0.800. The van der Waals surface area contributed by atoms with Crippen LogP contribution >= 0.6 is 0 Å². The SMILES string of the molecule is [2H]C([2H])(C)C([2H])(C)C(F)(F)F. The Morgan fingerprint density at radius 1 is 1.75 bits per heavy atom. The predicted octanol–water partition coefficient (Wildman–Crippen LogP) is 2.59. The van der Waals surface area contributed by atoms with Crippen molar-refractivity contribution in [3.8, 4) is 0 Å². The number of hydrogen-bond acceptors (Lipinski definition) is 0. The molecule has 0 saturated carbocycles. The van der Waals surface area contributed by atoms with Crippen molar-refractivity contribution in [3.05, 3.63) is 0 Å². The molecule has 1 atom stereocenters. The van der Waals surface area contributed by atoms with Crippen LogP contribution in [0.15, 0.2) is 0 Å². The number of rotatable bonds is 1. The van der Waals surface area contributed by atoms with E-state index in [0.717, 1.165) is 6.92 Å². The van der Waals surface area contributed by atoms with Gasteiger partial charge in [0.25, 0.3) is 0 Å². The first kappa shape index (κ1) is 3.75. The van der Waals surface area contributed by atoms with E-state index in [1.807, 2.05) is 0 Å². The zero-order chi connectivity index (χ0) is 9.50. The number of hydrogen-bond donors (Lipinski definition) is 0. The lowest BCUT2D eigenvalue weighted by Gasteiger charge is -2.11. The van der Waals surface area contributed by atoms with Gasteiger partial charge >= 0.3 is 6.18 Å². The van der Waals surface area contributed by atoms with Crippen LogP contribution in [0.25, 0.3) is 0 Å². The van der Waals surface area contributed by atoms with Gasteiger partial charge in [-0.15, -0.1) is 0 Å². The Morgan fingerprint density at radius 2 is 2.12 bits per heavy atom. The third-order valence-electron chi connectivity index (χ3n) is 0.800. The molecular weight excluding hydrogens is 117 g/mol. The second-order valence-corrected chi connectivity index (χ2v) is 1.37. The first-order valence-electron chi connectivity index (χ1n) is 3.57. The summed E-state index contributed by atoms with van der Waals surface area (Å²) in [5.74, 6) is -3.04. The Bertz CT molecular complexity index is 128. The van der Waals surface area contributed by atoms with Gasteiger partial charge in [0.15, 0.2) is 0 Å². The molecule has 0 N–H and O–H groups in total. The van der Waals surface area contributed by atoms with Gasteiger partial charge in [-0.2, -0.15) is 13.2 Å². The molecule has 0 nitrogen and oxygen atoms in total. The molecule has 0 aromatic carbocycles. The molecule has 0 spiro atoms. The molecule has 0 heterocycles. The van der Waals surface area contributed by atoms with Crippen LogP contribution in [0.5, 0.6) is 0 Å². The minimum absolute atomic E-state index is 0.521. The summed E-state index contributed by atoms with van der Waals surface area (Å²) in [4.78, 5) is 0. The predicted molar refractivity (Wildman–Crippen MR) is 25.5 cm³/mol. The molecule has 8 heavy (non-hydrogen) atoms. The molecule has 1 unspecified atom stereocenters. The molecule has 3 heteroatoms. The molecule has 50 valence electrons. The molecule has 0 rings (SSSR count). The van der Waals surface area contributed by atoms with Gasteiger partial charge in [-0.3, -0.25) is 0 Å². The monoisotopic (exact) mass is 129 g/mol. The molecular formula is C5H9F3. The standard InChI is InChI=1S/C5H9F3/c1-3-4(2)5(6,7)8/h4H,3H2,1-2H3/i3D2,4D. The van der Waals surface area contributed by atoms with Crippen molar-refractivity contribution in [1.29, 1.82) is 0 Å². The van der Waals surface area contributed by atoms with Gasteiger partial charge in [-0.25, -0.2) is 0 Å². The number of halogens is 3. The van der Waals surface area contributed by atoms with Crippen LogP contribution in [0.2, 0.25) is 0 Å². The van der Waals surface area contributed by atoms with E-state index >= 15 is 0 Å². The topological polar surface area (TPSA) is 0 Å². The van der Waals surface area contributed by atoms with Crippen molar-refractivity contribution in [2.45, 2.75) is 26.4 Å².